The molecule has 1 amide bonds. The average molecular weight is 408 g/mol. The number of hydrogen-bond acceptors (Lipinski definition) is 7. The summed E-state index contributed by atoms with van der Waals surface area (Å²) in [6.45, 7) is 4.08. The number of benzene rings is 1. The predicted molar refractivity (Wildman–Crippen MR) is 110 cm³/mol. The summed E-state index contributed by atoms with van der Waals surface area (Å²) in [7, 11) is 0. The van der Waals surface area contributed by atoms with Crippen molar-refractivity contribution in [3.8, 4) is 5.75 Å². The standard InChI is InChI=1S/C21H20N4O3S/c1-13(9-15-5-3-4-8-22-15)23-21(26)19-11-17(28-25-19)12-27-16-6-7-20-18(10-16)24-14(2)29-20/h3-8,10-11,13H,9,12H2,1-2H3,(H,23,26). The molecule has 4 aromatic rings. The van der Waals surface area contributed by atoms with E-state index in [0.717, 1.165) is 20.9 Å². The predicted octanol–water partition coefficient (Wildman–Crippen LogP) is 3.93. The summed E-state index contributed by atoms with van der Waals surface area (Å²) >= 11 is 1.64. The summed E-state index contributed by atoms with van der Waals surface area (Å²) in [5.41, 5.74) is 2.05. The van der Waals surface area contributed by atoms with E-state index in [0.29, 0.717) is 17.9 Å². The van der Waals surface area contributed by atoms with Crippen molar-refractivity contribution in [1.82, 2.24) is 20.4 Å². The molecule has 1 aromatic carbocycles. The Morgan fingerprint density at radius 1 is 1.28 bits per heavy atom. The van der Waals surface area contributed by atoms with Gasteiger partial charge in [0.15, 0.2) is 11.5 Å². The van der Waals surface area contributed by atoms with Gasteiger partial charge in [-0.2, -0.15) is 0 Å². The van der Waals surface area contributed by atoms with Crippen LogP contribution in [-0.4, -0.2) is 27.1 Å². The lowest BCUT2D eigenvalue weighted by molar-refractivity contribution is 0.0930. The first-order chi connectivity index (χ1) is 14.1. The molecule has 0 aliphatic heterocycles. The lowest BCUT2D eigenvalue weighted by atomic mass is 10.1. The Bertz CT molecular complexity index is 1120. The number of pyridine rings is 1. The van der Waals surface area contributed by atoms with Crippen LogP contribution in [0.25, 0.3) is 10.2 Å². The van der Waals surface area contributed by atoms with E-state index in [1.54, 1.807) is 23.6 Å². The lowest BCUT2D eigenvalue weighted by Crippen LogP contribution is -2.34. The Balaban J connectivity index is 1.32. The molecule has 29 heavy (non-hydrogen) atoms. The van der Waals surface area contributed by atoms with Crippen molar-refractivity contribution in [3.63, 3.8) is 0 Å². The number of hydrogen-bond donors (Lipinski definition) is 1. The Kier molecular flexibility index (Phi) is 5.53. The van der Waals surface area contributed by atoms with Gasteiger partial charge in [0.1, 0.15) is 12.4 Å². The van der Waals surface area contributed by atoms with Gasteiger partial charge in [0.05, 0.1) is 15.2 Å². The van der Waals surface area contributed by atoms with Crippen molar-refractivity contribution in [2.24, 2.45) is 0 Å². The molecule has 148 valence electrons. The summed E-state index contributed by atoms with van der Waals surface area (Å²) in [5.74, 6) is 0.874. The smallest absolute Gasteiger partial charge is 0.273 e. The van der Waals surface area contributed by atoms with E-state index in [2.05, 4.69) is 20.4 Å². The van der Waals surface area contributed by atoms with Crippen molar-refractivity contribution in [2.75, 3.05) is 0 Å². The lowest BCUT2D eigenvalue weighted by Gasteiger charge is -2.11. The molecule has 0 bridgehead atoms. The number of rotatable bonds is 7. The second kappa shape index (κ2) is 8.40. The van der Waals surface area contributed by atoms with Gasteiger partial charge in [-0.05, 0) is 38.1 Å². The van der Waals surface area contributed by atoms with Crippen molar-refractivity contribution < 1.29 is 14.1 Å². The molecule has 1 atom stereocenters. The molecule has 0 saturated heterocycles. The Labute approximate surface area is 171 Å². The highest BCUT2D eigenvalue weighted by molar-refractivity contribution is 7.18. The van der Waals surface area contributed by atoms with Crippen LogP contribution in [0.3, 0.4) is 0 Å². The molecule has 4 rings (SSSR count). The minimum Gasteiger partial charge on any atom is -0.485 e. The van der Waals surface area contributed by atoms with E-state index >= 15 is 0 Å². The van der Waals surface area contributed by atoms with Gasteiger partial charge in [-0.1, -0.05) is 11.2 Å². The molecule has 0 saturated carbocycles. The zero-order valence-corrected chi connectivity index (χ0v) is 16.9. The number of nitrogens with one attached hydrogen (secondary N) is 1. The highest BCUT2D eigenvalue weighted by Crippen LogP contribution is 2.26. The van der Waals surface area contributed by atoms with Crippen molar-refractivity contribution >= 4 is 27.5 Å². The van der Waals surface area contributed by atoms with Crippen LogP contribution in [0.4, 0.5) is 0 Å². The quantitative estimate of drug-likeness (QED) is 0.498. The average Bonchev–Trinajstić information content (AvgIpc) is 3.32. The van der Waals surface area contributed by atoms with Crippen LogP contribution in [0, 0.1) is 6.92 Å². The van der Waals surface area contributed by atoms with Crippen LogP contribution in [0.5, 0.6) is 5.75 Å². The second-order valence-corrected chi connectivity index (χ2v) is 7.96. The van der Waals surface area contributed by atoms with Crippen LogP contribution in [0.1, 0.15) is 33.9 Å². The first-order valence-corrected chi connectivity index (χ1v) is 10.0. The number of carbonyl (C=O) groups is 1. The van der Waals surface area contributed by atoms with E-state index in [9.17, 15) is 4.79 Å². The number of aryl methyl sites for hydroxylation is 1. The molecule has 1 unspecified atom stereocenters. The van der Waals surface area contributed by atoms with Crippen LogP contribution >= 0.6 is 11.3 Å². The number of nitrogens with zero attached hydrogens (tertiary/aromatic N) is 3. The first-order valence-electron chi connectivity index (χ1n) is 9.23. The molecule has 3 heterocycles. The van der Waals surface area contributed by atoms with E-state index in [1.165, 1.54) is 0 Å². The molecule has 1 N–H and O–H groups in total. The summed E-state index contributed by atoms with van der Waals surface area (Å²) in [6.07, 6.45) is 2.38. The maximum atomic E-state index is 12.4. The van der Waals surface area contributed by atoms with E-state index in [-0.39, 0.29) is 24.2 Å². The topological polar surface area (TPSA) is 90.1 Å². The molecule has 8 heteroatoms. The van der Waals surface area contributed by atoms with Gasteiger partial charge in [-0.25, -0.2) is 4.98 Å². The van der Waals surface area contributed by atoms with Gasteiger partial charge < -0.3 is 14.6 Å². The molecule has 0 radical (unpaired) electrons. The summed E-state index contributed by atoms with van der Waals surface area (Å²) in [4.78, 5) is 21.1. The molecule has 0 fully saturated rings. The minimum atomic E-state index is -0.289. The van der Waals surface area contributed by atoms with E-state index in [1.807, 2.05) is 50.2 Å². The Hall–Kier alpha value is -3.26. The fraction of sp³-hybridized carbons (Fsp3) is 0.238. The zero-order chi connectivity index (χ0) is 20.2. The normalized spacial score (nSPS) is 12.1. The highest BCUT2D eigenvalue weighted by atomic mass is 32.1. The number of aromatic nitrogens is 3. The molecular weight excluding hydrogens is 388 g/mol. The van der Waals surface area contributed by atoms with Crippen LogP contribution in [-0.2, 0) is 13.0 Å². The fourth-order valence-electron chi connectivity index (χ4n) is 2.94. The van der Waals surface area contributed by atoms with Gasteiger partial charge in [-0.3, -0.25) is 9.78 Å². The van der Waals surface area contributed by atoms with Crippen molar-refractivity contribution in [3.05, 3.63) is 70.8 Å². The monoisotopic (exact) mass is 408 g/mol. The van der Waals surface area contributed by atoms with Crippen LogP contribution in [0.2, 0.25) is 0 Å². The number of carbonyl (C=O) groups excluding carboxylic acids is 1. The number of thiazole rings is 1. The van der Waals surface area contributed by atoms with Gasteiger partial charge in [0.25, 0.3) is 5.91 Å². The highest BCUT2D eigenvalue weighted by Gasteiger charge is 2.16. The maximum absolute atomic E-state index is 12.4. The molecular formula is C21H20N4O3S. The van der Waals surface area contributed by atoms with Gasteiger partial charge in [-0.15, -0.1) is 11.3 Å². The fourth-order valence-corrected chi connectivity index (χ4v) is 3.74. The second-order valence-electron chi connectivity index (χ2n) is 6.73. The zero-order valence-electron chi connectivity index (χ0n) is 16.1. The number of ether oxygens (including phenoxy) is 1. The van der Waals surface area contributed by atoms with E-state index in [4.69, 9.17) is 9.26 Å². The Morgan fingerprint density at radius 2 is 2.17 bits per heavy atom. The van der Waals surface area contributed by atoms with Crippen molar-refractivity contribution in [1.29, 1.82) is 0 Å². The molecule has 0 spiro atoms. The molecule has 7 nitrogen and oxygen atoms in total. The molecule has 3 aromatic heterocycles. The number of fused-ring (bicyclic) bond motifs is 1. The maximum Gasteiger partial charge on any atom is 0.273 e. The summed E-state index contributed by atoms with van der Waals surface area (Å²) < 4.78 is 12.1. The largest absolute Gasteiger partial charge is 0.485 e. The number of amides is 1. The van der Waals surface area contributed by atoms with Crippen LogP contribution < -0.4 is 10.1 Å². The third-order valence-electron chi connectivity index (χ3n) is 4.26. The third-order valence-corrected chi connectivity index (χ3v) is 5.21. The molecule has 0 aliphatic carbocycles. The summed E-state index contributed by atoms with van der Waals surface area (Å²) in [5, 5.41) is 7.77. The Morgan fingerprint density at radius 3 is 3.00 bits per heavy atom. The van der Waals surface area contributed by atoms with Crippen LogP contribution in [0.15, 0.2) is 53.2 Å². The SMILES string of the molecule is Cc1nc2cc(OCc3cc(C(=O)NC(C)Cc4ccccn4)no3)ccc2s1. The van der Waals surface area contributed by atoms with Gasteiger partial charge >= 0.3 is 0 Å². The van der Waals surface area contributed by atoms with Gasteiger partial charge in [0, 0.05) is 36.5 Å². The molecule has 0 aliphatic rings. The third kappa shape index (κ3) is 4.78. The first kappa shape index (κ1) is 19.1. The van der Waals surface area contributed by atoms with Gasteiger partial charge in [0.2, 0.25) is 0 Å². The summed E-state index contributed by atoms with van der Waals surface area (Å²) in [6, 6.07) is 13.0. The minimum absolute atomic E-state index is 0.0814. The van der Waals surface area contributed by atoms with Crippen molar-refractivity contribution in [2.45, 2.75) is 32.9 Å². The van der Waals surface area contributed by atoms with E-state index < -0.39 is 0 Å².